The summed E-state index contributed by atoms with van der Waals surface area (Å²) in [6.45, 7) is 3.63. The van der Waals surface area contributed by atoms with E-state index in [0.29, 0.717) is 23.1 Å². The molecule has 0 aliphatic carbocycles. The second-order valence-electron chi connectivity index (χ2n) is 5.30. The summed E-state index contributed by atoms with van der Waals surface area (Å²) >= 11 is 0. The van der Waals surface area contributed by atoms with E-state index in [-0.39, 0.29) is 6.42 Å². The summed E-state index contributed by atoms with van der Waals surface area (Å²) < 4.78 is 12.0. The Morgan fingerprint density at radius 1 is 1.29 bits per heavy atom. The van der Waals surface area contributed by atoms with Crippen molar-refractivity contribution in [3.8, 4) is 22.8 Å². The van der Waals surface area contributed by atoms with E-state index in [9.17, 15) is 4.79 Å². The number of aryl methyl sites for hydroxylation is 2. The summed E-state index contributed by atoms with van der Waals surface area (Å²) in [5, 5.41) is 8.37. The lowest BCUT2D eigenvalue weighted by Crippen LogP contribution is -2.14. The monoisotopic (exact) mass is 327 g/mol. The van der Waals surface area contributed by atoms with Gasteiger partial charge in [-0.2, -0.15) is 5.10 Å². The van der Waals surface area contributed by atoms with Crippen LogP contribution in [-0.4, -0.2) is 32.9 Å². The standard InChI is InChI=1S/C16H17N5O3/c1-9-15(10(2)24-20-9)16-18-14(8-13(17)22)19-21(16)11-4-6-12(23-3)7-5-11/h4-7H,8H2,1-3H3,(H2,17,22). The largest absolute Gasteiger partial charge is 0.497 e. The highest BCUT2D eigenvalue weighted by atomic mass is 16.5. The van der Waals surface area contributed by atoms with Crippen LogP contribution in [0.3, 0.4) is 0 Å². The summed E-state index contributed by atoms with van der Waals surface area (Å²) in [6, 6.07) is 7.34. The molecule has 124 valence electrons. The Hall–Kier alpha value is -3.16. The van der Waals surface area contributed by atoms with Crippen LogP contribution in [0, 0.1) is 13.8 Å². The molecule has 1 amide bonds. The molecule has 8 heteroatoms. The van der Waals surface area contributed by atoms with Gasteiger partial charge in [-0.1, -0.05) is 5.16 Å². The molecule has 0 radical (unpaired) electrons. The Balaban J connectivity index is 2.15. The first kappa shape index (κ1) is 15.7. The van der Waals surface area contributed by atoms with Crippen LogP contribution in [0.2, 0.25) is 0 Å². The average molecular weight is 327 g/mol. The Morgan fingerprint density at radius 3 is 2.54 bits per heavy atom. The summed E-state index contributed by atoms with van der Waals surface area (Å²) in [7, 11) is 1.60. The van der Waals surface area contributed by atoms with Gasteiger partial charge in [0.25, 0.3) is 0 Å². The number of rotatable bonds is 5. The maximum absolute atomic E-state index is 11.2. The molecule has 2 N–H and O–H groups in total. The lowest BCUT2D eigenvalue weighted by Gasteiger charge is -2.06. The van der Waals surface area contributed by atoms with Crippen LogP contribution in [0.25, 0.3) is 17.1 Å². The van der Waals surface area contributed by atoms with Crippen molar-refractivity contribution < 1.29 is 14.1 Å². The van der Waals surface area contributed by atoms with Crippen molar-refractivity contribution in [3.63, 3.8) is 0 Å². The fourth-order valence-corrected chi connectivity index (χ4v) is 2.45. The number of nitrogens with two attached hydrogens (primary N) is 1. The van der Waals surface area contributed by atoms with Crippen LogP contribution >= 0.6 is 0 Å². The van der Waals surface area contributed by atoms with E-state index in [1.54, 1.807) is 18.7 Å². The van der Waals surface area contributed by atoms with Crippen molar-refractivity contribution >= 4 is 5.91 Å². The van der Waals surface area contributed by atoms with Crippen LogP contribution in [0.4, 0.5) is 0 Å². The zero-order chi connectivity index (χ0) is 17.3. The SMILES string of the molecule is COc1ccc(-n2nc(CC(N)=O)nc2-c2c(C)noc2C)cc1. The number of carbonyl (C=O) groups is 1. The quantitative estimate of drug-likeness (QED) is 0.762. The molecule has 24 heavy (non-hydrogen) atoms. The van der Waals surface area contributed by atoms with Crippen LogP contribution in [0.5, 0.6) is 5.75 Å². The zero-order valence-electron chi connectivity index (χ0n) is 13.6. The number of aromatic nitrogens is 4. The Kier molecular flexibility index (Phi) is 4.03. The van der Waals surface area contributed by atoms with E-state index >= 15 is 0 Å². The van der Waals surface area contributed by atoms with E-state index in [1.165, 1.54) is 0 Å². The molecule has 0 unspecified atom stereocenters. The normalized spacial score (nSPS) is 10.8. The summed E-state index contributed by atoms with van der Waals surface area (Å²) in [5.74, 6) is 1.75. The van der Waals surface area contributed by atoms with E-state index in [0.717, 1.165) is 17.0 Å². The van der Waals surface area contributed by atoms with Crippen molar-refractivity contribution in [2.45, 2.75) is 20.3 Å². The van der Waals surface area contributed by atoms with Gasteiger partial charge in [0.15, 0.2) is 11.6 Å². The maximum atomic E-state index is 11.2. The second-order valence-corrected chi connectivity index (χ2v) is 5.30. The molecule has 0 fully saturated rings. The minimum Gasteiger partial charge on any atom is -0.497 e. The Labute approximate surface area is 138 Å². The minimum atomic E-state index is -0.493. The van der Waals surface area contributed by atoms with Gasteiger partial charge in [0.1, 0.15) is 11.5 Å². The van der Waals surface area contributed by atoms with E-state index in [2.05, 4.69) is 15.2 Å². The van der Waals surface area contributed by atoms with Gasteiger partial charge in [-0.25, -0.2) is 9.67 Å². The first-order chi connectivity index (χ1) is 11.5. The van der Waals surface area contributed by atoms with Gasteiger partial charge in [-0.05, 0) is 38.1 Å². The third-order valence-corrected chi connectivity index (χ3v) is 3.56. The van der Waals surface area contributed by atoms with Gasteiger partial charge >= 0.3 is 0 Å². The number of hydrogen-bond acceptors (Lipinski definition) is 6. The van der Waals surface area contributed by atoms with Gasteiger partial charge < -0.3 is 15.0 Å². The van der Waals surface area contributed by atoms with Crippen molar-refractivity contribution in [2.24, 2.45) is 5.73 Å². The lowest BCUT2D eigenvalue weighted by atomic mass is 10.2. The molecule has 3 rings (SSSR count). The smallest absolute Gasteiger partial charge is 0.225 e. The fourth-order valence-electron chi connectivity index (χ4n) is 2.45. The highest BCUT2D eigenvalue weighted by molar-refractivity contribution is 5.76. The molecule has 2 heterocycles. The molecule has 0 saturated carbocycles. The number of primary amides is 1. The number of amides is 1. The molecule has 8 nitrogen and oxygen atoms in total. The molecule has 0 aliphatic heterocycles. The number of carbonyl (C=O) groups excluding carboxylic acids is 1. The van der Waals surface area contributed by atoms with Crippen LogP contribution in [-0.2, 0) is 11.2 Å². The number of nitrogens with zero attached hydrogens (tertiary/aromatic N) is 4. The molecular weight excluding hydrogens is 310 g/mol. The molecule has 3 aromatic rings. The summed E-state index contributed by atoms with van der Waals surface area (Å²) in [6.07, 6.45) is -0.0421. The third-order valence-electron chi connectivity index (χ3n) is 3.56. The maximum Gasteiger partial charge on any atom is 0.225 e. The molecule has 0 atom stereocenters. The Bertz CT molecular complexity index is 860. The van der Waals surface area contributed by atoms with Gasteiger partial charge in [-0.3, -0.25) is 4.79 Å². The molecule has 0 spiro atoms. The average Bonchev–Trinajstić information content (AvgIpc) is 3.10. The van der Waals surface area contributed by atoms with Crippen molar-refractivity contribution in [1.29, 1.82) is 0 Å². The van der Waals surface area contributed by atoms with E-state index in [4.69, 9.17) is 15.0 Å². The number of hydrogen-bond donors (Lipinski definition) is 1. The van der Waals surface area contributed by atoms with E-state index in [1.807, 2.05) is 31.2 Å². The fraction of sp³-hybridized carbons (Fsp3) is 0.250. The van der Waals surface area contributed by atoms with Crippen molar-refractivity contribution in [2.75, 3.05) is 7.11 Å². The molecule has 1 aromatic carbocycles. The molecule has 0 bridgehead atoms. The van der Waals surface area contributed by atoms with Gasteiger partial charge in [0.05, 0.1) is 30.5 Å². The molecule has 0 saturated heterocycles. The van der Waals surface area contributed by atoms with Crippen LogP contribution < -0.4 is 10.5 Å². The number of benzene rings is 1. The zero-order valence-corrected chi connectivity index (χ0v) is 13.6. The molecule has 2 aromatic heterocycles. The second kappa shape index (κ2) is 6.15. The Morgan fingerprint density at radius 2 is 2.00 bits per heavy atom. The van der Waals surface area contributed by atoms with Gasteiger partial charge in [0, 0.05) is 0 Å². The summed E-state index contributed by atoms with van der Waals surface area (Å²) in [5.41, 5.74) is 7.47. The van der Waals surface area contributed by atoms with Gasteiger partial charge in [-0.15, -0.1) is 0 Å². The third kappa shape index (κ3) is 2.85. The topological polar surface area (TPSA) is 109 Å². The first-order valence-electron chi connectivity index (χ1n) is 7.31. The molecular formula is C16H17N5O3. The summed E-state index contributed by atoms with van der Waals surface area (Å²) in [4.78, 5) is 15.7. The first-order valence-corrected chi connectivity index (χ1v) is 7.31. The highest BCUT2D eigenvalue weighted by Crippen LogP contribution is 2.28. The predicted molar refractivity (Wildman–Crippen MR) is 85.8 cm³/mol. The van der Waals surface area contributed by atoms with Crippen molar-refractivity contribution in [3.05, 3.63) is 41.5 Å². The van der Waals surface area contributed by atoms with Gasteiger partial charge in [0.2, 0.25) is 5.91 Å². The van der Waals surface area contributed by atoms with E-state index < -0.39 is 5.91 Å². The predicted octanol–water partition coefficient (Wildman–Crippen LogP) is 1.58. The van der Waals surface area contributed by atoms with Crippen LogP contribution in [0.15, 0.2) is 28.8 Å². The lowest BCUT2D eigenvalue weighted by molar-refractivity contribution is -0.117. The minimum absolute atomic E-state index is 0.0421. The number of ether oxygens (including phenoxy) is 1. The van der Waals surface area contributed by atoms with Crippen molar-refractivity contribution in [1.82, 2.24) is 19.9 Å². The molecule has 0 aliphatic rings. The number of methoxy groups -OCH3 is 1. The highest BCUT2D eigenvalue weighted by Gasteiger charge is 2.21. The van der Waals surface area contributed by atoms with Crippen LogP contribution in [0.1, 0.15) is 17.3 Å².